The van der Waals surface area contributed by atoms with Gasteiger partial charge >= 0.3 is 0 Å². The molecule has 0 N–H and O–H groups in total. The van der Waals surface area contributed by atoms with E-state index in [0.717, 1.165) is 6.54 Å². The van der Waals surface area contributed by atoms with Crippen LogP contribution in [0.1, 0.15) is 13.3 Å². The summed E-state index contributed by atoms with van der Waals surface area (Å²) in [4.78, 5) is 13.4. The van der Waals surface area contributed by atoms with Crippen molar-refractivity contribution in [1.29, 1.82) is 0 Å². The molecule has 2 heteroatoms. The van der Waals surface area contributed by atoms with Crippen LogP contribution in [-0.4, -0.2) is 30.3 Å². The second-order valence-corrected chi connectivity index (χ2v) is 3.53. The van der Waals surface area contributed by atoms with E-state index in [4.69, 9.17) is 0 Å². The molecule has 2 bridgehead atoms. The highest BCUT2D eigenvalue weighted by Gasteiger charge is 2.39. The zero-order valence-electron chi connectivity index (χ0n) is 6.34. The summed E-state index contributed by atoms with van der Waals surface area (Å²) in [5, 5.41) is 0. The van der Waals surface area contributed by atoms with Gasteiger partial charge in [0, 0.05) is 19.0 Å². The third kappa shape index (κ3) is 0.788. The summed E-state index contributed by atoms with van der Waals surface area (Å²) in [7, 11) is 0. The van der Waals surface area contributed by atoms with E-state index in [1.165, 1.54) is 19.5 Å². The number of Topliss-reactive ketones (excluding diaryl/α,β-unsaturated/α-hetero) is 1. The van der Waals surface area contributed by atoms with E-state index in [1.807, 2.05) is 0 Å². The van der Waals surface area contributed by atoms with Crippen LogP contribution < -0.4 is 0 Å². The Morgan fingerprint density at radius 1 is 1.50 bits per heavy atom. The molecule has 0 aromatic carbocycles. The van der Waals surface area contributed by atoms with E-state index in [0.29, 0.717) is 17.6 Å². The van der Waals surface area contributed by atoms with Crippen molar-refractivity contribution in [2.75, 3.05) is 19.6 Å². The minimum absolute atomic E-state index is 0.383. The molecule has 3 atom stereocenters. The van der Waals surface area contributed by atoms with Crippen LogP contribution in [0.15, 0.2) is 0 Å². The molecule has 2 heterocycles. The van der Waals surface area contributed by atoms with Crippen LogP contribution in [0.25, 0.3) is 0 Å². The van der Waals surface area contributed by atoms with Gasteiger partial charge in [-0.2, -0.15) is 0 Å². The molecule has 2 nitrogen and oxygen atoms in total. The third-order valence-electron chi connectivity index (χ3n) is 2.85. The van der Waals surface area contributed by atoms with Crippen molar-refractivity contribution in [3.63, 3.8) is 0 Å². The summed E-state index contributed by atoms with van der Waals surface area (Å²) in [6, 6.07) is 0. The van der Waals surface area contributed by atoms with Gasteiger partial charge in [-0.1, -0.05) is 0 Å². The molecule has 0 aliphatic carbocycles. The monoisotopic (exact) mass is 139 g/mol. The number of rotatable bonds is 1. The Kier molecular flexibility index (Phi) is 1.31. The van der Waals surface area contributed by atoms with E-state index in [-0.39, 0.29) is 0 Å². The van der Waals surface area contributed by atoms with Crippen LogP contribution in [0.5, 0.6) is 0 Å². The maximum atomic E-state index is 11.0. The highest BCUT2D eigenvalue weighted by molar-refractivity contribution is 5.79. The van der Waals surface area contributed by atoms with E-state index < -0.39 is 0 Å². The van der Waals surface area contributed by atoms with Gasteiger partial charge < -0.3 is 4.90 Å². The van der Waals surface area contributed by atoms with Gasteiger partial charge in [-0.25, -0.2) is 0 Å². The van der Waals surface area contributed by atoms with Crippen LogP contribution in [0.4, 0.5) is 0 Å². The van der Waals surface area contributed by atoms with Gasteiger partial charge in [0.1, 0.15) is 5.78 Å². The van der Waals surface area contributed by atoms with Gasteiger partial charge in [0.25, 0.3) is 0 Å². The van der Waals surface area contributed by atoms with Crippen molar-refractivity contribution in [2.24, 2.45) is 11.8 Å². The number of carbonyl (C=O) groups excluding carboxylic acids is 1. The summed E-state index contributed by atoms with van der Waals surface area (Å²) in [5.41, 5.74) is 0. The molecule has 0 saturated carbocycles. The average molecular weight is 139 g/mol. The van der Waals surface area contributed by atoms with Crippen LogP contribution in [0.3, 0.4) is 0 Å². The summed E-state index contributed by atoms with van der Waals surface area (Å²) < 4.78 is 0. The van der Waals surface area contributed by atoms with Crippen LogP contribution in [-0.2, 0) is 4.79 Å². The standard InChI is InChI=1S/C8H13NO/c1-6(10)8-5-9-3-2-7(8)4-9/h7-8H,2-5H2,1H3. The molecule has 2 fully saturated rings. The third-order valence-corrected chi connectivity index (χ3v) is 2.85. The molecule has 2 aliphatic heterocycles. The first-order valence-electron chi connectivity index (χ1n) is 4.00. The fourth-order valence-electron chi connectivity index (χ4n) is 2.24. The van der Waals surface area contributed by atoms with Gasteiger partial charge in [-0.3, -0.25) is 4.79 Å². The lowest BCUT2D eigenvalue weighted by Crippen LogP contribution is -2.27. The molecule has 2 rings (SSSR count). The topological polar surface area (TPSA) is 20.3 Å². The fraction of sp³-hybridized carbons (Fsp3) is 0.875. The molecule has 3 unspecified atom stereocenters. The highest BCUT2D eigenvalue weighted by atomic mass is 16.1. The first-order valence-corrected chi connectivity index (χ1v) is 4.00. The summed E-state index contributed by atoms with van der Waals surface area (Å²) in [6.45, 7) is 5.19. The Bertz CT molecular complexity index is 167. The second-order valence-electron chi connectivity index (χ2n) is 3.53. The number of nitrogens with zero attached hydrogens (tertiary/aromatic N) is 1. The number of carbonyl (C=O) groups is 1. The molecule has 0 radical (unpaired) electrons. The van der Waals surface area contributed by atoms with E-state index >= 15 is 0 Å². The summed E-state index contributed by atoms with van der Waals surface area (Å²) in [6.07, 6.45) is 1.25. The fourth-order valence-corrected chi connectivity index (χ4v) is 2.24. The van der Waals surface area contributed by atoms with Crippen molar-refractivity contribution < 1.29 is 4.79 Å². The minimum atomic E-state index is 0.383. The predicted octanol–water partition coefficient (Wildman–Crippen LogP) is 0.527. The number of hydrogen-bond acceptors (Lipinski definition) is 2. The van der Waals surface area contributed by atoms with Crippen molar-refractivity contribution >= 4 is 5.78 Å². The molecular formula is C8H13NO. The molecule has 0 spiro atoms. The van der Waals surface area contributed by atoms with Crippen LogP contribution in [0, 0.1) is 11.8 Å². The molecule has 0 amide bonds. The van der Waals surface area contributed by atoms with Gasteiger partial charge in [0.2, 0.25) is 0 Å². The molecule has 2 aliphatic rings. The molecule has 56 valence electrons. The van der Waals surface area contributed by atoms with E-state index in [9.17, 15) is 4.79 Å². The zero-order valence-corrected chi connectivity index (χ0v) is 6.34. The van der Waals surface area contributed by atoms with Crippen molar-refractivity contribution in [1.82, 2.24) is 4.90 Å². The van der Waals surface area contributed by atoms with Crippen LogP contribution >= 0.6 is 0 Å². The van der Waals surface area contributed by atoms with E-state index in [2.05, 4.69) is 4.90 Å². The Morgan fingerprint density at radius 3 is 2.60 bits per heavy atom. The minimum Gasteiger partial charge on any atom is -0.302 e. The van der Waals surface area contributed by atoms with Crippen molar-refractivity contribution in [3.8, 4) is 0 Å². The smallest absolute Gasteiger partial charge is 0.134 e. The first-order chi connectivity index (χ1) is 4.77. The van der Waals surface area contributed by atoms with Gasteiger partial charge in [0.05, 0.1) is 0 Å². The number of ketones is 1. The largest absolute Gasteiger partial charge is 0.302 e. The Morgan fingerprint density at radius 2 is 2.30 bits per heavy atom. The normalized spacial score (nSPS) is 44.3. The Balaban J connectivity index is 2.08. The predicted molar refractivity (Wildman–Crippen MR) is 38.7 cm³/mol. The summed E-state index contributed by atoms with van der Waals surface area (Å²) >= 11 is 0. The van der Waals surface area contributed by atoms with Gasteiger partial charge in [-0.15, -0.1) is 0 Å². The first kappa shape index (κ1) is 6.35. The maximum Gasteiger partial charge on any atom is 0.134 e. The average Bonchev–Trinajstić information content (AvgIpc) is 2.44. The van der Waals surface area contributed by atoms with E-state index in [1.54, 1.807) is 6.92 Å². The second kappa shape index (κ2) is 2.06. The maximum absolute atomic E-state index is 11.0. The zero-order chi connectivity index (χ0) is 7.14. The lowest BCUT2D eigenvalue weighted by atomic mass is 9.90. The molecule has 0 aromatic rings. The number of fused-ring (bicyclic) bond motifs is 2. The number of piperidine rings is 1. The Labute approximate surface area is 61.2 Å². The summed E-state index contributed by atoms with van der Waals surface area (Å²) in [5.74, 6) is 1.48. The molecule has 0 aromatic heterocycles. The lowest BCUT2D eigenvalue weighted by Gasteiger charge is -2.18. The van der Waals surface area contributed by atoms with Crippen molar-refractivity contribution in [2.45, 2.75) is 13.3 Å². The van der Waals surface area contributed by atoms with Crippen molar-refractivity contribution in [3.05, 3.63) is 0 Å². The highest BCUT2D eigenvalue weighted by Crippen LogP contribution is 2.32. The number of hydrogen-bond donors (Lipinski definition) is 0. The quantitative estimate of drug-likeness (QED) is 0.528. The molecule has 10 heavy (non-hydrogen) atoms. The Hall–Kier alpha value is -0.370. The lowest BCUT2D eigenvalue weighted by molar-refractivity contribution is -0.121. The van der Waals surface area contributed by atoms with Gasteiger partial charge in [-0.05, 0) is 25.8 Å². The SMILES string of the molecule is CC(=O)C1CN2CCC1C2. The van der Waals surface area contributed by atoms with Gasteiger partial charge in [0.15, 0.2) is 0 Å². The molecule has 2 saturated heterocycles. The van der Waals surface area contributed by atoms with Crippen LogP contribution in [0.2, 0.25) is 0 Å². The molecular weight excluding hydrogens is 126 g/mol.